The second-order valence-corrected chi connectivity index (χ2v) is 14.7. The van der Waals surface area contributed by atoms with Gasteiger partial charge >= 0.3 is 6.09 Å². The number of aliphatic hydroxyl groups is 1. The number of hydrogen-bond acceptors (Lipinski definition) is 8. The van der Waals surface area contributed by atoms with Crippen LogP contribution in [0.4, 0.5) is 14.9 Å². The van der Waals surface area contributed by atoms with Crippen molar-refractivity contribution in [3.05, 3.63) is 94.8 Å². The number of alkyl carbamates (subject to hydrolysis) is 1. The van der Waals surface area contributed by atoms with Gasteiger partial charge in [-0.2, -0.15) is 4.31 Å². The number of nitrogens with one attached hydrogen (secondary N) is 3. The third kappa shape index (κ3) is 8.47. The minimum absolute atomic E-state index is 0.0452. The first-order valence-corrected chi connectivity index (χ1v) is 18.1. The maximum Gasteiger partial charge on any atom is 0.407 e. The molecule has 0 radical (unpaired) electrons. The number of ether oxygens (including phenoxy) is 2. The number of methoxy groups -OCH3 is 1. The highest BCUT2D eigenvalue weighted by molar-refractivity contribution is 7.89. The number of carbonyl (C=O) groups is 1. The topological polar surface area (TPSA) is 129 Å². The van der Waals surface area contributed by atoms with E-state index in [1.807, 2.05) is 19.1 Å². The van der Waals surface area contributed by atoms with E-state index in [9.17, 15) is 18.3 Å². The van der Waals surface area contributed by atoms with Crippen LogP contribution >= 0.6 is 11.6 Å². The molecule has 0 saturated carbocycles. The van der Waals surface area contributed by atoms with Crippen LogP contribution in [0.3, 0.4) is 0 Å². The minimum atomic E-state index is -3.80. The van der Waals surface area contributed by atoms with Gasteiger partial charge in [-0.05, 0) is 80.5 Å². The Morgan fingerprint density at radius 2 is 1.79 bits per heavy atom. The summed E-state index contributed by atoms with van der Waals surface area (Å²) in [5.41, 5.74) is 1.51. The molecule has 0 aromatic heterocycles. The molecule has 48 heavy (non-hydrogen) atoms. The zero-order valence-electron chi connectivity index (χ0n) is 27.1. The van der Waals surface area contributed by atoms with Crippen molar-refractivity contribution in [2.24, 2.45) is 5.92 Å². The Labute approximate surface area is 287 Å². The van der Waals surface area contributed by atoms with Gasteiger partial charge < -0.3 is 30.5 Å². The monoisotopic (exact) mass is 702 g/mol. The summed E-state index contributed by atoms with van der Waals surface area (Å²) in [6, 6.07) is 18.5. The molecule has 4 N–H and O–H groups in total. The first kappa shape index (κ1) is 36.0. The van der Waals surface area contributed by atoms with E-state index in [2.05, 4.69) is 16.0 Å². The molecule has 2 aliphatic rings. The Bertz CT molecular complexity index is 1610. The van der Waals surface area contributed by atoms with Crippen molar-refractivity contribution in [2.45, 2.75) is 67.8 Å². The van der Waals surface area contributed by atoms with E-state index >= 15 is 4.39 Å². The van der Waals surface area contributed by atoms with Crippen LogP contribution in [0.1, 0.15) is 43.2 Å². The van der Waals surface area contributed by atoms with Gasteiger partial charge in [0.2, 0.25) is 10.0 Å². The van der Waals surface area contributed by atoms with Crippen LogP contribution in [0, 0.1) is 11.7 Å². The summed E-state index contributed by atoms with van der Waals surface area (Å²) in [5.74, 6) is -0.808. The van der Waals surface area contributed by atoms with Gasteiger partial charge in [-0.15, -0.1) is 0 Å². The summed E-state index contributed by atoms with van der Waals surface area (Å²) in [7, 11) is -2.55. The zero-order chi connectivity index (χ0) is 34.3. The number of amides is 1. The van der Waals surface area contributed by atoms with Crippen molar-refractivity contribution in [3.8, 4) is 0 Å². The first-order chi connectivity index (χ1) is 23.1. The molecule has 10 nitrogen and oxygen atoms in total. The summed E-state index contributed by atoms with van der Waals surface area (Å²) in [6.45, 7) is 3.86. The average molecular weight is 703 g/mol. The molecule has 0 bridgehead atoms. The average Bonchev–Trinajstić information content (AvgIpc) is 3.09. The molecule has 13 heteroatoms. The third-order valence-corrected chi connectivity index (χ3v) is 11.6. The maximum atomic E-state index is 15.6. The van der Waals surface area contributed by atoms with Crippen LogP contribution in [-0.4, -0.2) is 81.7 Å². The molecule has 2 fully saturated rings. The standard InChI is InChI=1S/C35H44ClFN4O6S/c1-23-21-38-22-27(41(23)48(44,45)28-7-4-3-5-8-28)15-16-29-30(37)9-6-10-31(29)39-34(42)33(40-35(43)46-2)32(25-17-19-47-20-18-25)24-11-13-26(36)14-12-24/h3-14,23,25,27,32-34,38-39,42H,15-22H2,1-2H3,(H,40,43)/t23-,27-,32-,33-,34?/m0/s1. The van der Waals surface area contributed by atoms with Crippen molar-refractivity contribution >= 4 is 33.4 Å². The summed E-state index contributed by atoms with van der Waals surface area (Å²) in [4.78, 5) is 12.9. The predicted octanol–water partition coefficient (Wildman–Crippen LogP) is 5.13. The Morgan fingerprint density at radius 3 is 2.48 bits per heavy atom. The second-order valence-electron chi connectivity index (χ2n) is 12.4. The van der Waals surface area contributed by atoms with Gasteiger partial charge in [0, 0.05) is 60.6 Å². The van der Waals surface area contributed by atoms with E-state index in [-0.39, 0.29) is 29.2 Å². The van der Waals surface area contributed by atoms with Gasteiger partial charge in [-0.1, -0.05) is 48.0 Å². The highest BCUT2D eigenvalue weighted by Crippen LogP contribution is 2.37. The number of benzene rings is 3. The first-order valence-electron chi connectivity index (χ1n) is 16.3. The summed E-state index contributed by atoms with van der Waals surface area (Å²) < 4.78 is 55.1. The molecule has 5 rings (SSSR count). The number of carbonyl (C=O) groups excluding carboxylic acids is 1. The van der Waals surface area contributed by atoms with E-state index in [4.69, 9.17) is 21.1 Å². The normalized spacial score (nSPS) is 21.2. The summed E-state index contributed by atoms with van der Waals surface area (Å²) in [5, 5.41) is 21.6. The van der Waals surface area contributed by atoms with Crippen molar-refractivity contribution < 1.29 is 32.2 Å². The lowest BCUT2D eigenvalue weighted by Crippen LogP contribution is -2.58. The summed E-state index contributed by atoms with van der Waals surface area (Å²) >= 11 is 6.20. The van der Waals surface area contributed by atoms with E-state index in [0.29, 0.717) is 61.8 Å². The minimum Gasteiger partial charge on any atom is -0.453 e. The van der Waals surface area contributed by atoms with E-state index in [1.54, 1.807) is 54.6 Å². The van der Waals surface area contributed by atoms with Crippen molar-refractivity contribution in [3.63, 3.8) is 0 Å². The molecule has 3 aromatic carbocycles. The Balaban J connectivity index is 1.41. The third-order valence-electron chi connectivity index (χ3n) is 9.31. The van der Waals surface area contributed by atoms with Crippen LogP contribution in [0.5, 0.6) is 0 Å². The van der Waals surface area contributed by atoms with Gasteiger partial charge in [0.15, 0.2) is 0 Å². The molecule has 0 aliphatic carbocycles. The molecule has 1 amide bonds. The Hall–Kier alpha value is -3.26. The zero-order valence-corrected chi connectivity index (χ0v) is 28.7. The highest BCUT2D eigenvalue weighted by Gasteiger charge is 2.39. The largest absolute Gasteiger partial charge is 0.453 e. The van der Waals surface area contributed by atoms with Crippen LogP contribution in [0.15, 0.2) is 77.7 Å². The van der Waals surface area contributed by atoms with E-state index < -0.39 is 40.2 Å². The molecule has 260 valence electrons. The van der Waals surface area contributed by atoms with E-state index in [0.717, 1.165) is 5.56 Å². The predicted molar refractivity (Wildman–Crippen MR) is 183 cm³/mol. The number of nitrogens with zero attached hydrogens (tertiary/aromatic N) is 1. The fourth-order valence-electron chi connectivity index (χ4n) is 6.98. The summed E-state index contributed by atoms with van der Waals surface area (Å²) in [6.07, 6.45) is -0.141. The smallest absolute Gasteiger partial charge is 0.407 e. The van der Waals surface area contributed by atoms with Crippen molar-refractivity contribution in [1.29, 1.82) is 0 Å². The number of anilines is 1. The second kappa shape index (κ2) is 16.4. The number of halogens is 2. The maximum absolute atomic E-state index is 15.6. The lowest BCUT2D eigenvalue weighted by Gasteiger charge is -2.40. The quantitative estimate of drug-likeness (QED) is 0.191. The van der Waals surface area contributed by atoms with Crippen molar-refractivity contribution in [1.82, 2.24) is 14.9 Å². The number of aliphatic hydroxyl groups excluding tert-OH is 1. The lowest BCUT2D eigenvalue weighted by molar-refractivity contribution is 0.0397. The fourth-order valence-corrected chi connectivity index (χ4v) is 8.97. The number of hydrogen-bond donors (Lipinski definition) is 4. The molecule has 1 unspecified atom stereocenters. The molecule has 0 spiro atoms. The number of piperazine rings is 1. The van der Waals surface area contributed by atoms with Crippen LogP contribution in [-0.2, 0) is 25.9 Å². The highest BCUT2D eigenvalue weighted by atomic mass is 35.5. The van der Waals surface area contributed by atoms with Crippen molar-refractivity contribution in [2.75, 3.05) is 38.7 Å². The molecule has 2 heterocycles. The SMILES string of the molecule is COC(=O)N[C@H](C(O)Nc1cccc(F)c1CC[C@H]1CNC[C@H](C)N1S(=O)(=O)c1ccccc1)[C@@H](c1ccc(Cl)cc1)C1CCOCC1. The lowest BCUT2D eigenvalue weighted by atomic mass is 9.76. The van der Waals surface area contributed by atoms with Gasteiger partial charge in [0.25, 0.3) is 0 Å². The molecule has 2 saturated heterocycles. The van der Waals surface area contributed by atoms with Gasteiger partial charge in [-0.3, -0.25) is 0 Å². The van der Waals surface area contributed by atoms with Crippen LogP contribution < -0.4 is 16.0 Å². The van der Waals surface area contributed by atoms with Gasteiger partial charge in [0.05, 0.1) is 18.0 Å². The number of sulfonamides is 1. The van der Waals surface area contributed by atoms with Gasteiger partial charge in [0.1, 0.15) is 12.0 Å². The van der Waals surface area contributed by atoms with Crippen LogP contribution in [0.2, 0.25) is 5.02 Å². The molecular weight excluding hydrogens is 659 g/mol. The molecular formula is C35H44ClFN4O6S. The Kier molecular flexibility index (Phi) is 12.3. The molecule has 5 atom stereocenters. The van der Waals surface area contributed by atoms with Crippen LogP contribution in [0.25, 0.3) is 0 Å². The Morgan fingerprint density at radius 1 is 1.08 bits per heavy atom. The number of rotatable bonds is 12. The van der Waals surface area contributed by atoms with E-state index in [1.165, 1.54) is 17.5 Å². The molecule has 3 aromatic rings. The fraction of sp³-hybridized carbons (Fsp3) is 0.457. The molecule has 2 aliphatic heterocycles. The van der Waals surface area contributed by atoms with Gasteiger partial charge in [-0.25, -0.2) is 17.6 Å².